The van der Waals surface area contributed by atoms with Gasteiger partial charge in [0, 0.05) is 27.2 Å². The average molecular weight is 219 g/mol. The number of aryl methyl sites for hydroxylation is 1. The molecule has 0 saturated heterocycles. The van der Waals surface area contributed by atoms with E-state index in [9.17, 15) is 0 Å². The van der Waals surface area contributed by atoms with Crippen molar-refractivity contribution in [2.45, 2.75) is 59.3 Å². The van der Waals surface area contributed by atoms with Crippen molar-refractivity contribution < 1.29 is 0 Å². The minimum atomic E-state index is 0. The quantitative estimate of drug-likeness (QED) is 0.697. The largest absolute Gasteiger partial charge is 0.349 e. The zero-order valence-corrected chi connectivity index (χ0v) is 10.9. The van der Waals surface area contributed by atoms with Crippen molar-refractivity contribution in [3.63, 3.8) is 0 Å². The minimum Gasteiger partial charge on any atom is -0.349 e. The van der Waals surface area contributed by atoms with Crippen molar-refractivity contribution in [2.24, 2.45) is 5.41 Å². The highest BCUT2D eigenvalue weighted by Crippen LogP contribution is 2.35. The van der Waals surface area contributed by atoms with Gasteiger partial charge < -0.3 is 4.98 Å². The molecule has 0 atom stereocenters. The third-order valence-corrected chi connectivity index (χ3v) is 3.93. The van der Waals surface area contributed by atoms with Gasteiger partial charge in [0.15, 0.2) is 0 Å². The lowest BCUT2D eigenvalue weighted by Gasteiger charge is -2.30. The minimum absolute atomic E-state index is 0. The van der Waals surface area contributed by atoms with E-state index >= 15 is 0 Å². The molecule has 0 aromatic carbocycles. The number of hydrogen-bond acceptors (Lipinski definition) is 1. The Morgan fingerprint density at radius 2 is 1.81 bits per heavy atom. The van der Waals surface area contributed by atoms with Crippen molar-refractivity contribution in [1.82, 2.24) is 9.97 Å². The van der Waals surface area contributed by atoms with E-state index in [2.05, 4.69) is 30.7 Å². The molecule has 0 amide bonds. The molecule has 0 fully saturated rings. The third-order valence-electron chi connectivity index (χ3n) is 3.93. The number of aromatic amines is 1. The molecular weight excluding hydrogens is 195 g/mol. The highest BCUT2D eigenvalue weighted by Gasteiger charge is 2.22. The number of nitrogens with one attached hydrogen (secondary N) is 1. The summed E-state index contributed by atoms with van der Waals surface area (Å²) >= 11 is 0. The first-order chi connectivity index (χ1) is 7.26. The SMILES string of the molecule is CCC(CC)(CC)CCCc1ncc[nH]1.[B]. The summed E-state index contributed by atoms with van der Waals surface area (Å²) in [6.07, 6.45) is 11.3. The van der Waals surface area contributed by atoms with Crippen molar-refractivity contribution in [3.8, 4) is 0 Å². The smallest absolute Gasteiger partial charge is 0.105 e. The van der Waals surface area contributed by atoms with Crippen molar-refractivity contribution in [2.75, 3.05) is 0 Å². The lowest BCUT2D eigenvalue weighted by atomic mass is 9.76. The van der Waals surface area contributed by atoms with Crippen LogP contribution < -0.4 is 0 Å². The summed E-state index contributed by atoms with van der Waals surface area (Å²) in [6.45, 7) is 6.96. The molecule has 1 aromatic heterocycles. The topological polar surface area (TPSA) is 28.7 Å². The number of rotatable bonds is 7. The Morgan fingerprint density at radius 1 is 1.19 bits per heavy atom. The summed E-state index contributed by atoms with van der Waals surface area (Å²) in [7, 11) is 0. The molecule has 2 nitrogen and oxygen atoms in total. The fourth-order valence-electron chi connectivity index (χ4n) is 2.35. The van der Waals surface area contributed by atoms with Crippen LogP contribution >= 0.6 is 0 Å². The molecule has 0 saturated carbocycles. The molecule has 1 heterocycles. The third kappa shape index (κ3) is 4.03. The Morgan fingerprint density at radius 3 is 2.25 bits per heavy atom. The van der Waals surface area contributed by atoms with Crippen LogP contribution in [0.15, 0.2) is 12.4 Å². The zero-order valence-electron chi connectivity index (χ0n) is 10.9. The Bertz CT molecular complexity index is 245. The molecule has 89 valence electrons. The Kier molecular flexibility index (Phi) is 7.19. The van der Waals surface area contributed by atoms with Gasteiger partial charge in [-0.1, -0.05) is 40.0 Å². The second-order valence-electron chi connectivity index (χ2n) is 4.45. The van der Waals surface area contributed by atoms with Gasteiger partial charge in [-0.2, -0.15) is 0 Å². The van der Waals surface area contributed by atoms with E-state index in [1.807, 2.05) is 12.4 Å². The van der Waals surface area contributed by atoms with Gasteiger partial charge in [0.25, 0.3) is 0 Å². The molecule has 16 heavy (non-hydrogen) atoms. The van der Waals surface area contributed by atoms with Gasteiger partial charge in [-0.25, -0.2) is 4.98 Å². The van der Waals surface area contributed by atoms with Gasteiger partial charge in [-0.05, 0) is 18.3 Å². The van der Waals surface area contributed by atoms with E-state index in [4.69, 9.17) is 0 Å². The fraction of sp³-hybridized carbons (Fsp3) is 0.769. The Hall–Kier alpha value is -0.725. The lowest BCUT2D eigenvalue weighted by Crippen LogP contribution is -2.17. The first-order valence-corrected chi connectivity index (χ1v) is 6.24. The van der Waals surface area contributed by atoms with Gasteiger partial charge in [0.2, 0.25) is 0 Å². The highest BCUT2D eigenvalue weighted by molar-refractivity contribution is 5.75. The maximum atomic E-state index is 4.26. The second-order valence-corrected chi connectivity index (χ2v) is 4.45. The van der Waals surface area contributed by atoms with Crippen LogP contribution in [0.3, 0.4) is 0 Å². The number of nitrogens with zero attached hydrogens (tertiary/aromatic N) is 1. The van der Waals surface area contributed by atoms with Gasteiger partial charge in [-0.3, -0.25) is 0 Å². The summed E-state index contributed by atoms with van der Waals surface area (Å²) in [5.74, 6) is 1.13. The Balaban J connectivity index is 0.00000225. The summed E-state index contributed by atoms with van der Waals surface area (Å²) in [5.41, 5.74) is 0.576. The van der Waals surface area contributed by atoms with Crippen LogP contribution in [0.25, 0.3) is 0 Å². The molecule has 0 aliphatic carbocycles. The Labute approximate surface area is 102 Å². The average Bonchev–Trinajstić information content (AvgIpc) is 2.78. The van der Waals surface area contributed by atoms with Crippen LogP contribution in [0.2, 0.25) is 0 Å². The molecule has 3 radical (unpaired) electrons. The number of imidazole rings is 1. The van der Waals surface area contributed by atoms with Gasteiger partial charge in [0.1, 0.15) is 5.82 Å². The van der Waals surface area contributed by atoms with E-state index < -0.39 is 0 Å². The summed E-state index contributed by atoms with van der Waals surface area (Å²) in [4.78, 5) is 7.42. The molecule has 0 aliphatic rings. The van der Waals surface area contributed by atoms with Gasteiger partial charge in [0.05, 0.1) is 0 Å². The molecule has 0 aliphatic heterocycles. The van der Waals surface area contributed by atoms with E-state index in [1.165, 1.54) is 32.1 Å². The van der Waals surface area contributed by atoms with Crippen LogP contribution in [-0.2, 0) is 6.42 Å². The van der Waals surface area contributed by atoms with Crippen molar-refractivity contribution in [1.29, 1.82) is 0 Å². The maximum Gasteiger partial charge on any atom is 0.105 e. The first-order valence-electron chi connectivity index (χ1n) is 6.24. The van der Waals surface area contributed by atoms with Crippen molar-refractivity contribution >= 4 is 8.41 Å². The van der Waals surface area contributed by atoms with Crippen LogP contribution in [0.1, 0.15) is 58.7 Å². The molecule has 0 unspecified atom stereocenters. The molecule has 0 bridgehead atoms. The van der Waals surface area contributed by atoms with E-state index in [0.717, 1.165) is 12.2 Å². The monoisotopic (exact) mass is 219 g/mol. The van der Waals surface area contributed by atoms with Crippen LogP contribution in [0.4, 0.5) is 0 Å². The molecule has 3 heteroatoms. The predicted molar refractivity (Wildman–Crippen MR) is 70.6 cm³/mol. The number of hydrogen-bond donors (Lipinski definition) is 1. The zero-order chi connectivity index (χ0) is 11.1. The standard InChI is InChI=1S/C13H24N2.B/c1-4-13(5-2,6-3)9-7-8-12-14-10-11-15-12;/h10-11H,4-9H2,1-3H3,(H,14,15);. The predicted octanol–water partition coefficient (Wildman–Crippen LogP) is 3.57. The highest BCUT2D eigenvalue weighted by atomic mass is 14.9. The van der Waals surface area contributed by atoms with E-state index in [1.54, 1.807) is 0 Å². The molecule has 0 spiro atoms. The summed E-state index contributed by atoms with van der Waals surface area (Å²) in [6, 6.07) is 0. The lowest BCUT2D eigenvalue weighted by molar-refractivity contribution is 0.222. The summed E-state index contributed by atoms with van der Waals surface area (Å²) in [5, 5.41) is 0. The second kappa shape index (κ2) is 7.53. The normalized spacial score (nSPS) is 11.2. The number of aromatic nitrogens is 2. The van der Waals surface area contributed by atoms with Crippen LogP contribution in [0.5, 0.6) is 0 Å². The number of H-pyrrole nitrogens is 1. The molecule has 1 rings (SSSR count). The molecule has 1 N–H and O–H groups in total. The van der Waals surface area contributed by atoms with E-state index in [-0.39, 0.29) is 8.41 Å². The van der Waals surface area contributed by atoms with Gasteiger partial charge >= 0.3 is 0 Å². The summed E-state index contributed by atoms with van der Waals surface area (Å²) < 4.78 is 0. The van der Waals surface area contributed by atoms with Crippen LogP contribution in [-0.4, -0.2) is 18.4 Å². The van der Waals surface area contributed by atoms with Crippen LogP contribution in [0, 0.1) is 5.41 Å². The van der Waals surface area contributed by atoms with E-state index in [0.29, 0.717) is 5.41 Å². The molecular formula is C13H24BN2. The van der Waals surface area contributed by atoms with Gasteiger partial charge in [-0.15, -0.1) is 0 Å². The first kappa shape index (κ1) is 15.3. The molecule has 1 aromatic rings. The maximum absolute atomic E-state index is 4.26. The fourth-order valence-corrected chi connectivity index (χ4v) is 2.35. The van der Waals surface area contributed by atoms with Crippen molar-refractivity contribution in [3.05, 3.63) is 18.2 Å².